The van der Waals surface area contributed by atoms with Gasteiger partial charge in [0.1, 0.15) is 17.2 Å². The molecule has 1 aliphatic rings. The number of fused-ring (bicyclic) bond motifs is 1. The maximum absolute atomic E-state index is 13.7. The Kier molecular flexibility index (Phi) is 11.5. The van der Waals surface area contributed by atoms with E-state index in [0.717, 1.165) is 43.1 Å². The number of esters is 1. The molecule has 4 aromatic rings. The summed E-state index contributed by atoms with van der Waals surface area (Å²) in [4.78, 5) is 25.1. The van der Waals surface area contributed by atoms with Crippen molar-refractivity contribution in [2.24, 2.45) is 0 Å². The molecule has 1 amide bonds. The monoisotopic (exact) mass is 680 g/mol. The summed E-state index contributed by atoms with van der Waals surface area (Å²) in [6.07, 6.45) is 4.73. The van der Waals surface area contributed by atoms with E-state index in [1.54, 1.807) is 18.2 Å². The minimum atomic E-state index is -3.72. The van der Waals surface area contributed by atoms with Gasteiger partial charge in [-0.1, -0.05) is 25.5 Å². The van der Waals surface area contributed by atoms with Gasteiger partial charge in [0.05, 0.1) is 62.6 Å². The summed E-state index contributed by atoms with van der Waals surface area (Å²) in [5.74, 6) is -0.703. The van der Waals surface area contributed by atoms with Crippen molar-refractivity contribution >= 4 is 38.6 Å². The Balaban J connectivity index is 1.24. The molecule has 1 heterocycles. The number of ether oxygens (including phenoxy) is 3. The number of hydrogen-bond acceptors (Lipinski definition) is 8. The van der Waals surface area contributed by atoms with Gasteiger partial charge in [-0.25, -0.2) is 17.6 Å². The first-order valence-electron chi connectivity index (χ1n) is 16.1. The Morgan fingerprint density at radius 3 is 2.33 bits per heavy atom. The third-order valence-electron chi connectivity index (χ3n) is 8.08. The lowest BCUT2D eigenvalue weighted by molar-refractivity contribution is 0.0435. The zero-order chi connectivity index (χ0) is 34.3. The number of amides is 1. The second-order valence-corrected chi connectivity index (χ2v) is 13.7. The molecule has 0 saturated heterocycles. The Morgan fingerprint density at radius 2 is 1.69 bits per heavy atom. The van der Waals surface area contributed by atoms with Gasteiger partial charge in [-0.05, 0) is 78.8 Å². The van der Waals surface area contributed by atoms with Crippen LogP contribution in [0.25, 0.3) is 22.3 Å². The highest BCUT2D eigenvalue weighted by atomic mass is 32.2. The van der Waals surface area contributed by atoms with Crippen LogP contribution < -0.4 is 9.62 Å². The topological polar surface area (TPSA) is 124 Å². The quantitative estimate of drug-likeness (QED) is 0.1000. The van der Waals surface area contributed by atoms with E-state index in [4.69, 9.17) is 18.6 Å². The lowest BCUT2D eigenvalue weighted by Crippen LogP contribution is -2.34. The van der Waals surface area contributed by atoms with Crippen molar-refractivity contribution in [3.63, 3.8) is 0 Å². The first-order chi connectivity index (χ1) is 23.1. The van der Waals surface area contributed by atoms with Gasteiger partial charge in [-0.3, -0.25) is 9.10 Å². The van der Waals surface area contributed by atoms with E-state index in [0.29, 0.717) is 53.2 Å². The number of benzene rings is 3. The highest BCUT2D eigenvalue weighted by Gasteiger charge is 2.33. The van der Waals surface area contributed by atoms with Crippen molar-refractivity contribution in [2.45, 2.75) is 45.1 Å². The van der Waals surface area contributed by atoms with Crippen molar-refractivity contribution in [2.75, 3.05) is 50.6 Å². The number of unbranched alkanes of at least 4 members (excludes halogenated alkanes) is 1. The number of carbonyl (C=O) groups is 2. The molecule has 256 valence electrons. The van der Waals surface area contributed by atoms with E-state index < -0.39 is 15.8 Å². The highest BCUT2D eigenvalue weighted by Crippen LogP contribution is 2.48. The molecular weight excluding hydrogens is 639 g/mol. The zero-order valence-electron chi connectivity index (χ0n) is 27.4. The van der Waals surface area contributed by atoms with Crippen LogP contribution in [-0.2, 0) is 30.8 Å². The molecule has 12 heteroatoms. The maximum Gasteiger partial charge on any atom is 0.338 e. The predicted octanol–water partition coefficient (Wildman–Crippen LogP) is 6.43. The van der Waals surface area contributed by atoms with Gasteiger partial charge in [-0.2, -0.15) is 0 Å². The molecule has 10 nitrogen and oxygen atoms in total. The van der Waals surface area contributed by atoms with Crippen molar-refractivity contribution in [3.05, 3.63) is 88.7 Å². The van der Waals surface area contributed by atoms with E-state index in [9.17, 15) is 22.4 Å². The third kappa shape index (κ3) is 8.60. The predicted molar refractivity (Wildman–Crippen MR) is 181 cm³/mol. The lowest BCUT2D eigenvalue weighted by Gasteiger charge is -2.25. The first-order valence-corrected chi connectivity index (χ1v) is 17.9. The van der Waals surface area contributed by atoms with E-state index >= 15 is 0 Å². The molecule has 1 saturated carbocycles. The number of furan rings is 1. The fourth-order valence-corrected chi connectivity index (χ4v) is 6.31. The van der Waals surface area contributed by atoms with Crippen LogP contribution in [0.5, 0.6) is 0 Å². The van der Waals surface area contributed by atoms with E-state index in [-0.39, 0.29) is 43.3 Å². The molecule has 3 aromatic carbocycles. The van der Waals surface area contributed by atoms with Gasteiger partial charge in [0.15, 0.2) is 0 Å². The Bertz CT molecular complexity index is 1830. The van der Waals surface area contributed by atoms with Gasteiger partial charge < -0.3 is 23.9 Å². The van der Waals surface area contributed by atoms with Crippen LogP contribution >= 0.6 is 0 Å². The third-order valence-corrected chi connectivity index (χ3v) is 9.26. The van der Waals surface area contributed by atoms with Crippen LogP contribution in [0.1, 0.15) is 70.4 Å². The summed E-state index contributed by atoms with van der Waals surface area (Å²) in [6, 6.07) is 16.2. The summed E-state index contributed by atoms with van der Waals surface area (Å²) in [5, 5.41) is 3.21. The molecular formula is C36H41FN2O8S. The summed E-state index contributed by atoms with van der Waals surface area (Å²) in [7, 11) is -2.20. The second kappa shape index (κ2) is 15.8. The molecule has 1 aromatic heterocycles. The van der Waals surface area contributed by atoms with Crippen LogP contribution in [0.2, 0.25) is 0 Å². The molecule has 1 fully saturated rings. The maximum atomic E-state index is 13.7. The summed E-state index contributed by atoms with van der Waals surface area (Å²) in [6.45, 7) is 3.50. The number of sulfonamides is 1. The van der Waals surface area contributed by atoms with Crippen molar-refractivity contribution in [1.82, 2.24) is 5.32 Å². The van der Waals surface area contributed by atoms with E-state index in [1.165, 1.54) is 35.6 Å². The fourth-order valence-electron chi connectivity index (χ4n) is 5.39. The number of hydrogen-bond donors (Lipinski definition) is 1. The van der Waals surface area contributed by atoms with Gasteiger partial charge in [-0.15, -0.1) is 0 Å². The molecule has 1 N–H and O–H groups in total. The van der Waals surface area contributed by atoms with Crippen LogP contribution in [0, 0.1) is 5.82 Å². The summed E-state index contributed by atoms with van der Waals surface area (Å²) >= 11 is 0. The number of anilines is 1. The largest absolute Gasteiger partial charge is 0.462 e. The Hall–Kier alpha value is -4.26. The van der Waals surface area contributed by atoms with Crippen LogP contribution in [0.3, 0.4) is 0 Å². The van der Waals surface area contributed by atoms with Crippen LogP contribution in [0.15, 0.2) is 65.1 Å². The molecule has 1 aliphatic carbocycles. The van der Waals surface area contributed by atoms with Crippen LogP contribution in [-0.4, -0.2) is 66.6 Å². The summed E-state index contributed by atoms with van der Waals surface area (Å²) in [5.41, 5.74) is 3.85. The normalized spacial score (nSPS) is 13.1. The van der Waals surface area contributed by atoms with Crippen molar-refractivity contribution in [1.29, 1.82) is 0 Å². The number of rotatable bonds is 17. The number of halogens is 1. The van der Waals surface area contributed by atoms with Gasteiger partial charge in [0.25, 0.3) is 5.91 Å². The van der Waals surface area contributed by atoms with E-state index in [2.05, 4.69) is 5.32 Å². The van der Waals surface area contributed by atoms with E-state index in [1.807, 2.05) is 25.1 Å². The standard InChI is InChI=1S/C36H41FN2O8S/c1-4-5-17-46-36(41)27-8-6-24(7-9-27)23-45-20-19-44-18-16-39(48(3,42)43)31-22-32-30(21-29(31)25-10-11-25)33(35(40)38-2)34(47-32)26-12-14-28(37)15-13-26/h6-9,12-15,21-22,25H,4-5,10-11,16-20,23H2,1-3H3,(H,38,40). The van der Waals surface area contributed by atoms with Gasteiger partial charge in [0, 0.05) is 24.1 Å². The van der Waals surface area contributed by atoms with Gasteiger partial charge in [0.2, 0.25) is 10.0 Å². The lowest BCUT2D eigenvalue weighted by atomic mass is 10.0. The smallest absolute Gasteiger partial charge is 0.338 e. The van der Waals surface area contributed by atoms with Crippen LogP contribution in [0.4, 0.5) is 10.1 Å². The van der Waals surface area contributed by atoms with Crippen molar-refractivity contribution < 1.29 is 41.0 Å². The first kappa shape index (κ1) is 35.1. The molecule has 0 radical (unpaired) electrons. The minimum Gasteiger partial charge on any atom is -0.462 e. The molecule has 0 unspecified atom stereocenters. The Labute approximate surface area is 280 Å². The Morgan fingerprint density at radius 1 is 0.979 bits per heavy atom. The molecule has 5 rings (SSSR count). The SMILES string of the molecule is CCCCOC(=O)c1ccc(COCCOCCN(c2cc3oc(-c4ccc(F)cc4)c(C(=O)NC)c3cc2C2CC2)S(C)(=O)=O)cc1. The highest BCUT2D eigenvalue weighted by molar-refractivity contribution is 7.92. The molecule has 48 heavy (non-hydrogen) atoms. The second-order valence-electron chi connectivity index (χ2n) is 11.8. The zero-order valence-corrected chi connectivity index (χ0v) is 28.2. The fraction of sp³-hybridized carbons (Fsp3) is 0.389. The average Bonchev–Trinajstić information content (AvgIpc) is 3.85. The average molecular weight is 681 g/mol. The number of nitrogens with one attached hydrogen (secondary N) is 1. The molecule has 0 bridgehead atoms. The molecule has 0 atom stereocenters. The molecule has 0 spiro atoms. The van der Waals surface area contributed by atoms with Crippen molar-refractivity contribution in [3.8, 4) is 11.3 Å². The minimum absolute atomic E-state index is 0.0632. The summed E-state index contributed by atoms with van der Waals surface area (Å²) < 4.78 is 64.0. The molecule has 0 aliphatic heterocycles. The van der Waals surface area contributed by atoms with Gasteiger partial charge >= 0.3 is 5.97 Å². The number of nitrogens with zero attached hydrogens (tertiary/aromatic N) is 1. The number of carbonyl (C=O) groups excluding carboxylic acids is 2.